The van der Waals surface area contributed by atoms with Crippen LogP contribution < -0.4 is 15.4 Å². The van der Waals surface area contributed by atoms with Crippen molar-refractivity contribution < 1.29 is 19.4 Å². The highest BCUT2D eigenvalue weighted by Gasteiger charge is 2.17. The van der Waals surface area contributed by atoms with Crippen LogP contribution in [0, 0.1) is 11.3 Å². The van der Waals surface area contributed by atoms with E-state index in [-0.39, 0.29) is 23.6 Å². The first kappa shape index (κ1) is 25.9. The molecule has 39 heavy (non-hydrogen) atoms. The third-order valence-electron chi connectivity index (χ3n) is 6.72. The Bertz CT molecular complexity index is 1550. The molecule has 10 nitrogen and oxygen atoms in total. The smallest absolute Gasteiger partial charge is 0.325 e. The standard InChI is InChI=1S/C29H28N6O4/c1-31-29(38)35-13-7-21-15-26(22(17-30)14-25(21)35)39-24-6-10-32-27(16-24)33-28(37)20-4-2-19(3-5-20)18-34-11-8-23(36)9-12-34/h2-7,10,13-16,23,36H,8-9,11-12,18H2,1H3,(H,31,38)(H,32,33,37). The lowest BCUT2D eigenvalue weighted by atomic mass is 10.1. The van der Waals surface area contributed by atoms with Crippen molar-refractivity contribution >= 4 is 28.7 Å². The number of hydrogen-bond donors (Lipinski definition) is 3. The van der Waals surface area contributed by atoms with E-state index in [0.29, 0.717) is 28.4 Å². The largest absolute Gasteiger partial charge is 0.456 e. The number of anilines is 1. The molecule has 10 heteroatoms. The number of carbonyl (C=O) groups excluding carboxylic acids is 2. The SMILES string of the molecule is CNC(=O)n1ccc2cc(Oc3ccnc(NC(=O)c4ccc(CN5CCC(O)CC5)cc4)c3)c(C#N)cc21. The van der Waals surface area contributed by atoms with Gasteiger partial charge < -0.3 is 20.5 Å². The molecule has 2 aromatic carbocycles. The van der Waals surface area contributed by atoms with Crippen molar-refractivity contribution in [2.45, 2.75) is 25.5 Å². The van der Waals surface area contributed by atoms with E-state index < -0.39 is 0 Å². The van der Waals surface area contributed by atoms with E-state index in [0.717, 1.165) is 43.4 Å². The lowest BCUT2D eigenvalue weighted by Gasteiger charge is -2.29. The van der Waals surface area contributed by atoms with Crippen LogP contribution >= 0.6 is 0 Å². The molecule has 0 unspecified atom stereocenters. The zero-order valence-corrected chi connectivity index (χ0v) is 21.4. The van der Waals surface area contributed by atoms with Crippen LogP contribution in [0.5, 0.6) is 11.5 Å². The van der Waals surface area contributed by atoms with Crippen LogP contribution in [0.3, 0.4) is 0 Å². The Balaban J connectivity index is 1.26. The van der Waals surface area contributed by atoms with E-state index in [2.05, 4.69) is 26.6 Å². The number of piperidine rings is 1. The van der Waals surface area contributed by atoms with Gasteiger partial charge in [0.2, 0.25) is 0 Å². The topological polar surface area (TPSA) is 133 Å². The Morgan fingerprint density at radius 3 is 2.62 bits per heavy atom. The predicted octanol–water partition coefficient (Wildman–Crippen LogP) is 4.10. The summed E-state index contributed by atoms with van der Waals surface area (Å²) in [6, 6.07) is 17.5. The summed E-state index contributed by atoms with van der Waals surface area (Å²) >= 11 is 0. The lowest BCUT2D eigenvalue weighted by molar-refractivity contribution is 0.0792. The fraction of sp³-hybridized carbons (Fsp3) is 0.241. The molecule has 2 amide bonds. The second kappa shape index (κ2) is 11.3. The van der Waals surface area contributed by atoms with E-state index in [4.69, 9.17) is 4.74 Å². The minimum atomic E-state index is -0.311. The average molecular weight is 525 g/mol. The number of pyridine rings is 1. The monoisotopic (exact) mass is 524 g/mol. The Labute approximate surface area is 225 Å². The van der Waals surface area contributed by atoms with Gasteiger partial charge in [0.05, 0.1) is 17.2 Å². The lowest BCUT2D eigenvalue weighted by Crippen LogP contribution is -2.35. The summed E-state index contributed by atoms with van der Waals surface area (Å²) in [5.41, 5.74) is 2.45. The average Bonchev–Trinajstić information content (AvgIpc) is 3.36. The predicted molar refractivity (Wildman–Crippen MR) is 146 cm³/mol. The highest BCUT2D eigenvalue weighted by molar-refractivity contribution is 6.03. The number of nitrogens with one attached hydrogen (secondary N) is 2. The fourth-order valence-corrected chi connectivity index (χ4v) is 4.59. The molecule has 0 aliphatic carbocycles. The molecule has 0 atom stereocenters. The van der Waals surface area contributed by atoms with Gasteiger partial charge in [-0.3, -0.25) is 14.3 Å². The second-order valence-electron chi connectivity index (χ2n) is 9.40. The van der Waals surface area contributed by atoms with Gasteiger partial charge in [0.1, 0.15) is 23.4 Å². The number of fused-ring (bicyclic) bond motifs is 1. The second-order valence-corrected chi connectivity index (χ2v) is 9.40. The number of amides is 2. The number of nitriles is 1. The molecule has 0 radical (unpaired) electrons. The minimum absolute atomic E-state index is 0.204. The summed E-state index contributed by atoms with van der Waals surface area (Å²) in [7, 11) is 1.54. The molecule has 1 aliphatic rings. The third-order valence-corrected chi connectivity index (χ3v) is 6.72. The van der Waals surface area contributed by atoms with Gasteiger partial charge in [-0.05, 0) is 54.8 Å². The van der Waals surface area contributed by atoms with Crippen LogP contribution in [0.15, 0.2) is 67.0 Å². The molecule has 0 bridgehead atoms. The Morgan fingerprint density at radius 2 is 1.90 bits per heavy atom. The number of ether oxygens (including phenoxy) is 1. The first-order chi connectivity index (χ1) is 18.9. The first-order valence-corrected chi connectivity index (χ1v) is 12.7. The van der Waals surface area contributed by atoms with Crippen LogP contribution in [0.25, 0.3) is 10.9 Å². The van der Waals surface area contributed by atoms with E-state index in [1.807, 2.05) is 12.1 Å². The molecule has 3 heterocycles. The molecule has 198 valence electrons. The molecular weight excluding hydrogens is 496 g/mol. The van der Waals surface area contributed by atoms with Crippen molar-refractivity contribution in [1.29, 1.82) is 5.26 Å². The minimum Gasteiger partial charge on any atom is -0.456 e. The number of aromatic nitrogens is 2. The van der Waals surface area contributed by atoms with Gasteiger partial charge in [0, 0.05) is 56.1 Å². The van der Waals surface area contributed by atoms with Crippen molar-refractivity contribution in [2.75, 3.05) is 25.5 Å². The van der Waals surface area contributed by atoms with Crippen molar-refractivity contribution in [3.63, 3.8) is 0 Å². The van der Waals surface area contributed by atoms with Crippen LogP contribution in [0.2, 0.25) is 0 Å². The molecule has 5 rings (SSSR count). The quantitative estimate of drug-likeness (QED) is 0.346. The zero-order valence-electron chi connectivity index (χ0n) is 21.4. The van der Waals surface area contributed by atoms with Crippen molar-refractivity contribution in [2.24, 2.45) is 0 Å². The molecular formula is C29H28N6O4. The number of benzene rings is 2. The van der Waals surface area contributed by atoms with Crippen LogP contribution in [-0.4, -0.2) is 57.7 Å². The normalized spacial score (nSPS) is 14.1. The first-order valence-electron chi connectivity index (χ1n) is 12.7. The van der Waals surface area contributed by atoms with Crippen molar-refractivity contribution in [3.05, 3.63) is 83.7 Å². The summed E-state index contributed by atoms with van der Waals surface area (Å²) < 4.78 is 7.41. The highest BCUT2D eigenvalue weighted by Crippen LogP contribution is 2.31. The summed E-state index contributed by atoms with van der Waals surface area (Å²) in [6.45, 7) is 2.50. The summed E-state index contributed by atoms with van der Waals surface area (Å²) in [6.07, 6.45) is 4.50. The number of rotatable bonds is 6. The molecule has 1 saturated heterocycles. The summed E-state index contributed by atoms with van der Waals surface area (Å²) in [4.78, 5) is 31.4. The van der Waals surface area contributed by atoms with Gasteiger partial charge in [0.15, 0.2) is 0 Å². The van der Waals surface area contributed by atoms with E-state index >= 15 is 0 Å². The van der Waals surface area contributed by atoms with Crippen LogP contribution in [-0.2, 0) is 6.54 Å². The highest BCUT2D eigenvalue weighted by atomic mass is 16.5. The van der Waals surface area contributed by atoms with E-state index in [1.165, 1.54) is 17.8 Å². The van der Waals surface area contributed by atoms with Gasteiger partial charge in [0.25, 0.3) is 5.91 Å². The number of likely N-dealkylation sites (tertiary alicyclic amines) is 1. The molecule has 2 aromatic heterocycles. The number of hydrogen-bond acceptors (Lipinski definition) is 7. The van der Waals surface area contributed by atoms with E-state index in [9.17, 15) is 20.0 Å². The molecule has 0 spiro atoms. The molecule has 4 aromatic rings. The maximum atomic E-state index is 12.8. The number of aliphatic hydroxyl groups excluding tert-OH is 1. The van der Waals surface area contributed by atoms with Crippen LogP contribution in [0.1, 0.15) is 34.3 Å². The Kier molecular flexibility index (Phi) is 7.54. The van der Waals surface area contributed by atoms with Gasteiger partial charge in [-0.25, -0.2) is 9.78 Å². The number of nitrogens with zero attached hydrogens (tertiary/aromatic N) is 4. The van der Waals surface area contributed by atoms with E-state index in [1.54, 1.807) is 48.7 Å². The van der Waals surface area contributed by atoms with Gasteiger partial charge in [-0.15, -0.1) is 0 Å². The zero-order chi connectivity index (χ0) is 27.4. The third kappa shape index (κ3) is 5.90. The number of carbonyl (C=O) groups is 2. The summed E-state index contributed by atoms with van der Waals surface area (Å²) in [5, 5.41) is 25.4. The molecule has 1 fully saturated rings. The fourth-order valence-electron chi connectivity index (χ4n) is 4.59. The van der Waals surface area contributed by atoms with Crippen LogP contribution in [0.4, 0.5) is 10.6 Å². The molecule has 1 aliphatic heterocycles. The summed E-state index contributed by atoms with van der Waals surface area (Å²) in [5.74, 6) is 0.714. The van der Waals surface area contributed by atoms with Gasteiger partial charge >= 0.3 is 6.03 Å². The van der Waals surface area contributed by atoms with Gasteiger partial charge in [-0.1, -0.05) is 12.1 Å². The van der Waals surface area contributed by atoms with Gasteiger partial charge in [-0.2, -0.15) is 5.26 Å². The Hall–Kier alpha value is -4.72. The van der Waals surface area contributed by atoms with Crippen molar-refractivity contribution in [1.82, 2.24) is 19.8 Å². The number of aliphatic hydroxyl groups is 1. The van der Waals surface area contributed by atoms with Crippen molar-refractivity contribution in [3.8, 4) is 17.6 Å². The maximum Gasteiger partial charge on any atom is 0.325 e. The molecule has 3 N–H and O–H groups in total. The molecule has 0 saturated carbocycles. The maximum absolute atomic E-state index is 12.8. The Morgan fingerprint density at radius 1 is 1.13 bits per heavy atom.